The van der Waals surface area contributed by atoms with Crippen LogP contribution in [0.15, 0.2) is 113 Å². The van der Waals surface area contributed by atoms with Gasteiger partial charge in [-0.05, 0) is 103 Å². The Hall–Kier alpha value is -9.72. The highest BCUT2D eigenvalue weighted by molar-refractivity contribution is 14.1. The van der Waals surface area contributed by atoms with Crippen LogP contribution in [0.25, 0.3) is 0 Å². The van der Waals surface area contributed by atoms with Crippen molar-refractivity contribution in [2.75, 3.05) is 19.6 Å². The van der Waals surface area contributed by atoms with Gasteiger partial charge in [-0.25, -0.2) is 0 Å². The van der Waals surface area contributed by atoms with Crippen LogP contribution in [0.1, 0.15) is 90.4 Å². The highest BCUT2D eigenvalue weighted by Crippen LogP contribution is 2.23. The van der Waals surface area contributed by atoms with E-state index in [0.717, 1.165) is 0 Å². The molecule has 1 heterocycles. The van der Waals surface area contributed by atoms with Crippen molar-refractivity contribution in [3.05, 3.63) is 135 Å². The van der Waals surface area contributed by atoms with Gasteiger partial charge in [-0.1, -0.05) is 91.0 Å². The van der Waals surface area contributed by atoms with Gasteiger partial charge in [-0.15, -0.1) is 0 Å². The summed E-state index contributed by atoms with van der Waals surface area (Å²) < 4.78 is 0.478. The van der Waals surface area contributed by atoms with Crippen molar-refractivity contribution >= 4 is 99.4 Å². The highest BCUT2D eigenvalue weighted by atomic mass is 127. The van der Waals surface area contributed by atoms with E-state index in [1.807, 2.05) is 22.6 Å². The normalized spacial score (nSPS) is 14.9. The number of amides is 10. The summed E-state index contributed by atoms with van der Waals surface area (Å²) in [6, 6.07) is 16.8. The summed E-state index contributed by atoms with van der Waals surface area (Å²) in [5, 5.41) is 25.5. The summed E-state index contributed by atoms with van der Waals surface area (Å²) in [6.07, 6.45) is -1.61. The lowest BCUT2D eigenvalue weighted by Crippen LogP contribution is -2.60. The average Bonchev–Trinajstić information content (AvgIpc) is 2.70. The highest BCUT2D eigenvalue weighted by Gasteiger charge is 2.40. The molecule has 8 atom stereocenters. The number of nitrogens with two attached hydrogens (primary N) is 8. The van der Waals surface area contributed by atoms with E-state index in [-0.39, 0.29) is 101 Å². The first-order chi connectivity index (χ1) is 42.8. The van der Waals surface area contributed by atoms with Crippen LogP contribution in [-0.2, 0) is 67.2 Å². The number of hydrogen-bond donors (Lipinski definition) is 15. The summed E-state index contributed by atoms with van der Waals surface area (Å²) >= 11 is 1.90. The third-order valence-corrected chi connectivity index (χ3v) is 15.3. The van der Waals surface area contributed by atoms with E-state index >= 15 is 0 Å². The summed E-state index contributed by atoms with van der Waals surface area (Å²) in [5.41, 5.74) is 47.9. The van der Waals surface area contributed by atoms with Crippen molar-refractivity contribution in [2.24, 2.45) is 55.9 Å². The first-order valence-electron chi connectivity index (χ1n) is 28.8. The summed E-state index contributed by atoms with van der Waals surface area (Å²) in [4.78, 5) is 159. The molecule has 0 saturated carbocycles. The summed E-state index contributed by atoms with van der Waals surface area (Å²) in [6.45, 7) is 0.00177. The van der Waals surface area contributed by atoms with Gasteiger partial charge in [-0.3, -0.25) is 62.7 Å². The third kappa shape index (κ3) is 23.1. The molecule has 0 radical (unpaired) electrons. The van der Waals surface area contributed by atoms with Gasteiger partial charge < -0.3 is 87.8 Å². The number of guanidine groups is 2. The second-order valence-electron chi connectivity index (χ2n) is 21.4. The lowest BCUT2D eigenvalue weighted by atomic mass is 9.99. The SMILES string of the molecule is NC(=O)CC[C@H](NC(=O)[C@H](Cc1ccccc1)NC(=O)[C@H](N)Cc1ccc(C(=O)c2ccccc2)cc1)C(=O)N[C@@H](CC(N)=O)C(=O)N[C@@H](CCCN=C(N)N)C(=O)N1CCC[C@@H]1C(=O)N[C@@H](CCCN=C(N)N)C(=O)N[C@@H](Cc1ccc(O)c(I)c1)C(N)=O. The van der Waals surface area contributed by atoms with Crippen LogP contribution in [0.5, 0.6) is 5.75 Å². The number of nitrogens with zero attached hydrogens (tertiary/aromatic N) is 3. The van der Waals surface area contributed by atoms with Gasteiger partial charge in [0.2, 0.25) is 59.1 Å². The fourth-order valence-corrected chi connectivity index (χ4v) is 10.3. The zero-order valence-electron chi connectivity index (χ0n) is 49.3. The average molecular weight is 1360 g/mol. The zero-order chi connectivity index (χ0) is 66.0. The van der Waals surface area contributed by atoms with Crippen LogP contribution in [0, 0.1) is 3.57 Å². The smallest absolute Gasteiger partial charge is 0.245 e. The Kier molecular flexibility index (Phi) is 27.9. The number of carbonyl (C=O) groups excluding carboxylic acids is 11. The first-order valence-corrected chi connectivity index (χ1v) is 29.9. The first kappa shape index (κ1) is 71.0. The van der Waals surface area contributed by atoms with E-state index in [1.54, 1.807) is 97.1 Å². The van der Waals surface area contributed by atoms with Crippen molar-refractivity contribution in [3.8, 4) is 5.75 Å². The molecule has 0 bridgehead atoms. The van der Waals surface area contributed by atoms with E-state index in [1.165, 1.54) is 11.0 Å². The molecule has 1 fully saturated rings. The zero-order valence-corrected chi connectivity index (χ0v) is 51.5. The van der Waals surface area contributed by atoms with Crippen LogP contribution in [0.4, 0.5) is 0 Å². The van der Waals surface area contributed by atoms with Gasteiger partial charge >= 0.3 is 0 Å². The number of nitrogens with one attached hydrogen (secondary N) is 6. The maximum atomic E-state index is 14.7. The molecule has 29 nitrogen and oxygen atoms in total. The predicted molar refractivity (Wildman–Crippen MR) is 340 cm³/mol. The molecule has 0 aromatic heterocycles. The van der Waals surface area contributed by atoms with Crippen molar-refractivity contribution in [3.63, 3.8) is 0 Å². The minimum absolute atomic E-state index is 0.0000373. The second-order valence-corrected chi connectivity index (χ2v) is 22.6. The maximum Gasteiger partial charge on any atom is 0.245 e. The van der Waals surface area contributed by atoms with Gasteiger partial charge in [0.25, 0.3) is 0 Å². The number of phenolic OH excluding ortho intramolecular Hbond substituents is 1. The lowest BCUT2D eigenvalue weighted by molar-refractivity contribution is -0.143. The largest absolute Gasteiger partial charge is 0.507 e. The Morgan fingerprint density at radius 3 is 1.60 bits per heavy atom. The summed E-state index contributed by atoms with van der Waals surface area (Å²) in [5.74, 6) is -9.86. The van der Waals surface area contributed by atoms with Crippen molar-refractivity contribution in [2.45, 2.75) is 125 Å². The molecule has 30 heteroatoms. The molecule has 1 aliphatic rings. The molecular formula is C60H78IN17O12. The Labute approximate surface area is 532 Å². The molecule has 10 amide bonds. The number of ketones is 1. The van der Waals surface area contributed by atoms with Crippen LogP contribution < -0.4 is 77.8 Å². The number of aliphatic imine (C=N–C) groups is 2. The molecular weight excluding hydrogens is 1280 g/mol. The molecule has 23 N–H and O–H groups in total. The molecule has 5 rings (SSSR count). The molecule has 1 saturated heterocycles. The Morgan fingerprint density at radius 1 is 0.533 bits per heavy atom. The lowest BCUT2D eigenvalue weighted by Gasteiger charge is -2.31. The van der Waals surface area contributed by atoms with E-state index in [0.29, 0.717) is 31.4 Å². The fraction of sp³-hybridized carbons (Fsp3) is 0.383. The minimum atomic E-state index is -1.84. The van der Waals surface area contributed by atoms with E-state index < -0.39 is 127 Å². The Balaban J connectivity index is 1.34. The number of aromatic hydroxyl groups is 1. The van der Waals surface area contributed by atoms with Crippen LogP contribution in [0.3, 0.4) is 0 Å². The number of carbonyl (C=O) groups is 11. The van der Waals surface area contributed by atoms with Gasteiger partial charge in [0.05, 0.1) is 16.0 Å². The van der Waals surface area contributed by atoms with Crippen molar-refractivity contribution in [1.82, 2.24) is 36.8 Å². The third-order valence-electron chi connectivity index (χ3n) is 14.4. The van der Waals surface area contributed by atoms with Gasteiger partial charge in [0.1, 0.15) is 48.0 Å². The van der Waals surface area contributed by atoms with E-state index in [2.05, 4.69) is 41.9 Å². The molecule has 4 aromatic rings. The predicted octanol–water partition coefficient (Wildman–Crippen LogP) is -2.78. The van der Waals surface area contributed by atoms with E-state index in [9.17, 15) is 57.8 Å². The summed E-state index contributed by atoms with van der Waals surface area (Å²) in [7, 11) is 0. The Bertz CT molecular complexity index is 3260. The maximum absolute atomic E-state index is 14.7. The standard InChI is InChI=1S/C60H78IN17O12/c61-38-28-35(19-23-47(38)79)31-43(51(65)83)75-53(85)40(14-7-25-70-59(66)67)73-57(89)46-16-9-27-78(46)58(90)42(15-8-26-71-60(68)69)74-56(88)45(32-49(64)81)77-54(86)41(22-24-48(63)80)72-55(87)44(30-33-10-3-1-4-11-33)76-52(84)39(62)29-34-17-20-37(21-18-34)50(82)36-12-5-2-6-13-36/h1-6,10-13,17-21,23,28,39-46,79H,7-9,14-16,22,24-27,29-32,62H2,(H2,63,80)(H2,64,81)(H2,65,83)(H,72,87)(H,73,89)(H,74,88)(H,75,85)(H,76,84)(H,77,86)(H4,66,67,70)(H4,68,69,71)/t39-,40+,41+,42+,43+,44+,45+,46-/m1/s1. The van der Waals surface area contributed by atoms with Crippen LogP contribution in [-0.4, -0.2) is 155 Å². The number of likely N-dealkylation sites (tertiary alicyclic amines) is 1. The fourth-order valence-electron chi connectivity index (χ4n) is 9.73. The minimum Gasteiger partial charge on any atom is -0.507 e. The molecule has 4 aromatic carbocycles. The number of rotatable bonds is 35. The van der Waals surface area contributed by atoms with Crippen LogP contribution >= 0.6 is 22.6 Å². The molecule has 0 aliphatic carbocycles. The van der Waals surface area contributed by atoms with E-state index in [4.69, 9.17) is 45.9 Å². The molecule has 0 spiro atoms. The molecule has 90 heavy (non-hydrogen) atoms. The Morgan fingerprint density at radius 2 is 1.02 bits per heavy atom. The van der Waals surface area contributed by atoms with Crippen molar-refractivity contribution < 1.29 is 57.8 Å². The number of hydrogen-bond acceptors (Lipinski definition) is 15. The topological polar surface area (TPSA) is 516 Å². The molecule has 482 valence electrons. The van der Waals surface area contributed by atoms with Gasteiger partial charge in [0.15, 0.2) is 17.7 Å². The van der Waals surface area contributed by atoms with Crippen molar-refractivity contribution in [1.29, 1.82) is 0 Å². The molecule has 1 aliphatic heterocycles. The molecule has 0 unspecified atom stereocenters. The van der Waals surface area contributed by atoms with Crippen LogP contribution in [0.2, 0.25) is 0 Å². The number of primary amides is 3. The number of benzene rings is 4. The monoisotopic (exact) mass is 1360 g/mol. The van der Waals surface area contributed by atoms with Gasteiger partial charge in [0, 0.05) is 50.0 Å². The van der Waals surface area contributed by atoms with Gasteiger partial charge in [-0.2, -0.15) is 0 Å². The number of phenols is 1. The number of halogens is 1. The quantitative estimate of drug-likeness (QED) is 0.00728. The second kappa shape index (κ2) is 35.3.